The summed E-state index contributed by atoms with van der Waals surface area (Å²) in [6.45, 7) is 5.77. The van der Waals surface area contributed by atoms with E-state index in [-0.39, 0.29) is 23.9 Å². The highest BCUT2D eigenvalue weighted by Gasteiger charge is 2.58. The molecule has 1 atom stereocenters. The van der Waals surface area contributed by atoms with Gasteiger partial charge >= 0.3 is 5.97 Å². The van der Waals surface area contributed by atoms with Gasteiger partial charge in [0, 0.05) is 18.9 Å². The van der Waals surface area contributed by atoms with Crippen molar-refractivity contribution < 1.29 is 19.1 Å². The minimum Gasteiger partial charge on any atom is -0.465 e. The summed E-state index contributed by atoms with van der Waals surface area (Å²) in [6.07, 6.45) is 2.59. The fraction of sp³-hybridized carbons (Fsp3) is 0.619. The standard InChI is InChI=1S/C21H29NO4/c1-15(2)8-9-25-20(24)21(17-10-19(23)22-13-17)11-18(12-21)26-14-16-6-4-3-5-7-16/h3-7,15,17-18H,8-14H2,1-2H3,(H,22,23). The lowest BCUT2D eigenvalue weighted by molar-refractivity contribution is -0.183. The van der Waals surface area contributed by atoms with Crippen LogP contribution in [-0.2, 0) is 25.7 Å². The monoisotopic (exact) mass is 359 g/mol. The van der Waals surface area contributed by atoms with Crippen LogP contribution in [0, 0.1) is 17.3 Å². The zero-order valence-electron chi connectivity index (χ0n) is 15.7. The van der Waals surface area contributed by atoms with Gasteiger partial charge in [0.05, 0.1) is 24.7 Å². The van der Waals surface area contributed by atoms with Gasteiger partial charge in [0.2, 0.25) is 5.91 Å². The molecular formula is C21H29NO4. The summed E-state index contributed by atoms with van der Waals surface area (Å²) in [6, 6.07) is 10.0. The SMILES string of the molecule is CC(C)CCOC(=O)C1(C2CNC(=O)C2)CC(OCc2ccccc2)C1. The summed E-state index contributed by atoms with van der Waals surface area (Å²) in [5, 5.41) is 2.86. The zero-order valence-corrected chi connectivity index (χ0v) is 15.7. The van der Waals surface area contributed by atoms with Crippen LogP contribution in [0.5, 0.6) is 0 Å². The van der Waals surface area contributed by atoms with Crippen molar-refractivity contribution in [1.82, 2.24) is 5.32 Å². The van der Waals surface area contributed by atoms with Gasteiger partial charge in [-0.05, 0) is 30.7 Å². The van der Waals surface area contributed by atoms with Crippen LogP contribution in [0.25, 0.3) is 0 Å². The molecule has 5 heteroatoms. The average Bonchev–Trinajstić information content (AvgIpc) is 3.01. The number of benzene rings is 1. The molecule has 1 aromatic rings. The number of esters is 1. The largest absolute Gasteiger partial charge is 0.465 e. The molecule has 1 aliphatic heterocycles. The highest BCUT2D eigenvalue weighted by Crippen LogP contribution is 2.51. The molecule has 0 radical (unpaired) electrons. The van der Waals surface area contributed by atoms with E-state index < -0.39 is 5.41 Å². The first-order valence-corrected chi connectivity index (χ1v) is 9.59. The predicted octanol–water partition coefficient (Wildman–Crippen LogP) is 3.08. The molecule has 26 heavy (non-hydrogen) atoms. The van der Waals surface area contributed by atoms with Gasteiger partial charge < -0.3 is 14.8 Å². The fourth-order valence-electron chi connectivity index (χ4n) is 3.85. The highest BCUT2D eigenvalue weighted by molar-refractivity contribution is 5.83. The van der Waals surface area contributed by atoms with E-state index in [1.54, 1.807) is 0 Å². The van der Waals surface area contributed by atoms with Crippen LogP contribution in [0.1, 0.15) is 45.1 Å². The summed E-state index contributed by atoms with van der Waals surface area (Å²) >= 11 is 0. The van der Waals surface area contributed by atoms with Crippen molar-refractivity contribution in [2.75, 3.05) is 13.2 Å². The predicted molar refractivity (Wildman–Crippen MR) is 98.2 cm³/mol. The number of ether oxygens (including phenoxy) is 2. The van der Waals surface area contributed by atoms with E-state index in [0.717, 1.165) is 12.0 Å². The van der Waals surface area contributed by atoms with Crippen LogP contribution in [0.3, 0.4) is 0 Å². The lowest BCUT2D eigenvalue weighted by Crippen LogP contribution is -2.54. The van der Waals surface area contributed by atoms with Gasteiger partial charge in [-0.25, -0.2) is 0 Å². The smallest absolute Gasteiger partial charge is 0.312 e. The Morgan fingerprint density at radius 3 is 2.62 bits per heavy atom. The normalized spacial score (nSPS) is 27.9. The third-order valence-electron chi connectivity index (χ3n) is 5.61. The van der Waals surface area contributed by atoms with Crippen molar-refractivity contribution in [3.8, 4) is 0 Å². The number of nitrogens with one attached hydrogen (secondary N) is 1. The van der Waals surface area contributed by atoms with Gasteiger partial charge in [-0.3, -0.25) is 9.59 Å². The molecule has 1 heterocycles. The van der Waals surface area contributed by atoms with Gasteiger partial charge in [0.1, 0.15) is 0 Å². The first-order valence-electron chi connectivity index (χ1n) is 9.59. The van der Waals surface area contributed by atoms with Crippen LogP contribution in [0.4, 0.5) is 0 Å². The molecule has 1 aromatic carbocycles. The molecule has 5 nitrogen and oxygen atoms in total. The van der Waals surface area contributed by atoms with E-state index in [1.165, 1.54) is 0 Å². The molecule has 1 saturated carbocycles. The number of hydrogen-bond acceptors (Lipinski definition) is 4. The second-order valence-electron chi connectivity index (χ2n) is 8.01. The Morgan fingerprint density at radius 1 is 1.27 bits per heavy atom. The Balaban J connectivity index is 1.57. The second kappa shape index (κ2) is 8.21. The fourth-order valence-corrected chi connectivity index (χ4v) is 3.85. The van der Waals surface area contributed by atoms with Gasteiger partial charge in [-0.15, -0.1) is 0 Å². The summed E-state index contributed by atoms with van der Waals surface area (Å²) in [5.41, 5.74) is 0.555. The first-order chi connectivity index (χ1) is 12.5. The molecule has 0 spiro atoms. The van der Waals surface area contributed by atoms with Crippen LogP contribution in [-0.4, -0.2) is 31.1 Å². The Kier molecular flexibility index (Phi) is 5.97. The van der Waals surface area contributed by atoms with E-state index in [9.17, 15) is 9.59 Å². The Labute approximate surface area is 155 Å². The Morgan fingerprint density at radius 2 is 2.00 bits per heavy atom. The minimum atomic E-state index is -0.572. The Hall–Kier alpha value is -1.88. The van der Waals surface area contributed by atoms with E-state index in [2.05, 4.69) is 19.2 Å². The van der Waals surface area contributed by atoms with Crippen molar-refractivity contribution in [3.63, 3.8) is 0 Å². The van der Waals surface area contributed by atoms with Crippen molar-refractivity contribution in [1.29, 1.82) is 0 Å². The molecule has 3 rings (SSSR count). The maximum Gasteiger partial charge on any atom is 0.312 e. The molecule has 2 fully saturated rings. The van der Waals surface area contributed by atoms with Crippen LogP contribution < -0.4 is 5.32 Å². The van der Waals surface area contributed by atoms with E-state index in [1.807, 2.05) is 30.3 Å². The molecule has 0 bridgehead atoms. The third-order valence-corrected chi connectivity index (χ3v) is 5.61. The van der Waals surface area contributed by atoms with Crippen molar-refractivity contribution in [2.45, 2.75) is 52.2 Å². The molecule has 1 amide bonds. The summed E-state index contributed by atoms with van der Waals surface area (Å²) in [7, 11) is 0. The molecule has 2 aliphatic rings. The molecule has 1 saturated heterocycles. The van der Waals surface area contributed by atoms with Crippen molar-refractivity contribution in [2.24, 2.45) is 17.3 Å². The van der Waals surface area contributed by atoms with Crippen LogP contribution >= 0.6 is 0 Å². The second-order valence-corrected chi connectivity index (χ2v) is 8.01. The quantitative estimate of drug-likeness (QED) is 0.725. The number of carbonyl (C=O) groups excluding carboxylic acids is 2. The van der Waals surface area contributed by atoms with Crippen LogP contribution in [0.2, 0.25) is 0 Å². The number of carbonyl (C=O) groups is 2. The molecule has 1 unspecified atom stereocenters. The lowest BCUT2D eigenvalue weighted by atomic mass is 9.59. The highest BCUT2D eigenvalue weighted by atomic mass is 16.5. The number of amides is 1. The zero-order chi connectivity index (χ0) is 18.6. The Bertz CT molecular complexity index is 622. The van der Waals surface area contributed by atoms with Crippen molar-refractivity contribution >= 4 is 11.9 Å². The van der Waals surface area contributed by atoms with Crippen LogP contribution in [0.15, 0.2) is 30.3 Å². The van der Waals surface area contributed by atoms with Gasteiger partial charge in [-0.1, -0.05) is 44.2 Å². The van der Waals surface area contributed by atoms with Gasteiger partial charge in [-0.2, -0.15) is 0 Å². The first kappa shape index (κ1) is 18.9. The third kappa shape index (κ3) is 4.26. The minimum absolute atomic E-state index is 0.0122. The summed E-state index contributed by atoms with van der Waals surface area (Å²) < 4.78 is 11.6. The summed E-state index contributed by atoms with van der Waals surface area (Å²) in [5.74, 6) is 0.382. The number of hydrogen-bond donors (Lipinski definition) is 1. The summed E-state index contributed by atoms with van der Waals surface area (Å²) in [4.78, 5) is 24.5. The van der Waals surface area contributed by atoms with E-state index in [4.69, 9.17) is 9.47 Å². The van der Waals surface area contributed by atoms with E-state index in [0.29, 0.717) is 44.9 Å². The maximum atomic E-state index is 12.8. The molecule has 142 valence electrons. The van der Waals surface area contributed by atoms with Gasteiger partial charge in [0.25, 0.3) is 0 Å². The molecule has 1 aliphatic carbocycles. The molecule has 0 aromatic heterocycles. The topological polar surface area (TPSA) is 64.6 Å². The molecule has 1 N–H and O–H groups in total. The maximum absolute atomic E-state index is 12.8. The number of rotatable bonds is 8. The lowest BCUT2D eigenvalue weighted by Gasteiger charge is -2.48. The van der Waals surface area contributed by atoms with E-state index >= 15 is 0 Å². The molecular weight excluding hydrogens is 330 g/mol. The van der Waals surface area contributed by atoms with Gasteiger partial charge in [0.15, 0.2) is 0 Å². The van der Waals surface area contributed by atoms with Crippen molar-refractivity contribution in [3.05, 3.63) is 35.9 Å². The average molecular weight is 359 g/mol.